The van der Waals surface area contributed by atoms with Crippen LogP contribution in [0.25, 0.3) is 0 Å². The maximum Gasteiger partial charge on any atom is 0.518 e. The Morgan fingerprint density at radius 3 is 2.31 bits per heavy atom. The van der Waals surface area contributed by atoms with Crippen molar-refractivity contribution in [3.63, 3.8) is 0 Å². The van der Waals surface area contributed by atoms with Crippen LogP contribution in [-0.4, -0.2) is 23.1 Å². The minimum atomic E-state index is -5.35. The lowest BCUT2D eigenvalue weighted by molar-refractivity contribution is -0.0449. The van der Waals surface area contributed by atoms with Gasteiger partial charge in [-0.15, -0.1) is 0 Å². The van der Waals surface area contributed by atoms with E-state index in [0.29, 0.717) is 3.57 Å². The summed E-state index contributed by atoms with van der Waals surface area (Å²) in [6.07, 6.45) is 1.80. The van der Waals surface area contributed by atoms with E-state index in [2.05, 4.69) is 5.10 Å². The second-order valence-corrected chi connectivity index (χ2v) is 5.01. The van der Waals surface area contributed by atoms with Crippen LogP contribution in [-0.2, 0) is 10.0 Å². The fourth-order valence-electron chi connectivity index (χ4n) is 0.522. The topological polar surface area (TPSA) is 52.0 Å². The molecule has 9 heteroatoms. The maximum absolute atomic E-state index is 11.9. The van der Waals surface area contributed by atoms with E-state index in [0.717, 1.165) is 12.4 Å². The van der Waals surface area contributed by atoms with Gasteiger partial charge in [-0.25, -0.2) is 0 Å². The Labute approximate surface area is 84.9 Å². The van der Waals surface area contributed by atoms with Gasteiger partial charge in [0.2, 0.25) is 0 Å². The number of hydrogen-bond donors (Lipinski definition) is 0. The lowest BCUT2D eigenvalue weighted by Gasteiger charge is -2.06. The second kappa shape index (κ2) is 3.12. The molecule has 0 fully saturated rings. The minimum Gasteiger partial charge on any atom is -0.195 e. The molecule has 0 aliphatic heterocycles. The summed E-state index contributed by atoms with van der Waals surface area (Å²) < 4.78 is 57.1. The summed E-state index contributed by atoms with van der Waals surface area (Å²) in [6, 6.07) is 0. The Kier molecular flexibility index (Phi) is 2.58. The van der Waals surface area contributed by atoms with Gasteiger partial charge in [-0.2, -0.15) is 30.8 Å². The van der Waals surface area contributed by atoms with E-state index < -0.39 is 15.5 Å². The average molecular weight is 326 g/mol. The van der Waals surface area contributed by atoms with E-state index in [1.165, 1.54) is 0 Å². The van der Waals surface area contributed by atoms with E-state index in [4.69, 9.17) is 0 Å². The molecule has 1 aromatic heterocycles. The van der Waals surface area contributed by atoms with Crippen LogP contribution >= 0.6 is 22.6 Å². The van der Waals surface area contributed by atoms with Crippen molar-refractivity contribution >= 4 is 32.6 Å². The number of rotatable bonds is 1. The molecule has 0 saturated carbocycles. The molecular formula is C4H2F3IN2O2S. The van der Waals surface area contributed by atoms with Crippen molar-refractivity contribution in [2.45, 2.75) is 5.51 Å². The van der Waals surface area contributed by atoms with Crippen molar-refractivity contribution in [3.8, 4) is 0 Å². The van der Waals surface area contributed by atoms with Gasteiger partial charge in [-0.05, 0) is 22.6 Å². The van der Waals surface area contributed by atoms with Crippen LogP contribution in [0.2, 0.25) is 0 Å². The van der Waals surface area contributed by atoms with Gasteiger partial charge >= 0.3 is 15.5 Å². The molecule has 0 N–H and O–H groups in total. The number of hydrogen-bond acceptors (Lipinski definition) is 3. The molecular weight excluding hydrogens is 324 g/mol. The lowest BCUT2D eigenvalue weighted by Crippen LogP contribution is -2.30. The Morgan fingerprint density at radius 2 is 2.00 bits per heavy atom. The normalized spacial score (nSPS) is 13.2. The van der Waals surface area contributed by atoms with Gasteiger partial charge in [0.1, 0.15) is 0 Å². The molecule has 0 aromatic carbocycles. The maximum atomic E-state index is 11.9. The zero-order chi connectivity index (χ0) is 10.3. The molecule has 0 radical (unpaired) electrons. The summed E-state index contributed by atoms with van der Waals surface area (Å²) in [5.74, 6) is 0. The van der Waals surface area contributed by atoms with Gasteiger partial charge in [-0.1, -0.05) is 0 Å². The van der Waals surface area contributed by atoms with Crippen LogP contribution in [0.1, 0.15) is 0 Å². The number of alkyl halides is 3. The van der Waals surface area contributed by atoms with Crippen molar-refractivity contribution in [1.29, 1.82) is 0 Å². The van der Waals surface area contributed by atoms with E-state index in [-0.39, 0.29) is 4.09 Å². The van der Waals surface area contributed by atoms with Gasteiger partial charge < -0.3 is 0 Å². The van der Waals surface area contributed by atoms with Crippen molar-refractivity contribution in [2.75, 3.05) is 0 Å². The molecule has 0 aliphatic rings. The highest BCUT2D eigenvalue weighted by Crippen LogP contribution is 2.24. The van der Waals surface area contributed by atoms with Crippen LogP contribution in [0.15, 0.2) is 12.4 Å². The van der Waals surface area contributed by atoms with E-state index in [1.54, 1.807) is 22.6 Å². The third-order valence-corrected chi connectivity index (χ3v) is 2.90. The zero-order valence-corrected chi connectivity index (χ0v) is 8.76. The Hall–Kier alpha value is -0.320. The molecule has 0 unspecified atom stereocenters. The molecule has 0 spiro atoms. The highest BCUT2D eigenvalue weighted by molar-refractivity contribution is 14.1. The predicted molar refractivity (Wildman–Crippen MR) is 45.3 cm³/mol. The molecule has 0 aliphatic carbocycles. The zero-order valence-electron chi connectivity index (χ0n) is 5.79. The monoisotopic (exact) mass is 326 g/mol. The third kappa shape index (κ3) is 1.95. The van der Waals surface area contributed by atoms with E-state index in [9.17, 15) is 21.6 Å². The summed E-state index contributed by atoms with van der Waals surface area (Å²) in [7, 11) is -5.35. The smallest absolute Gasteiger partial charge is 0.195 e. The first kappa shape index (κ1) is 10.8. The molecule has 13 heavy (non-hydrogen) atoms. The largest absolute Gasteiger partial charge is 0.518 e. The first-order valence-electron chi connectivity index (χ1n) is 2.77. The van der Waals surface area contributed by atoms with E-state index in [1.807, 2.05) is 0 Å². The van der Waals surface area contributed by atoms with Gasteiger partial charge in [0.05, 0.1) is 16.0 Å². The van der Waals surface area contributed by atoms with Crippen LogP contribution in [0.4, 0.5) is 13.2 Å². The molecule has 0 atom stereocenters. The Morgan fingerprint density at radius 1 is 1.46 bits per heavy atom. The van der Waals surface area contributed by atoms with Crippen LogP contribution < -0.4 is 0 Å². The molecule has 1 heterocycles. The van der Waals surface area contributed by atoms with Crippen LogP contribution in [0.5, 0.6) is 0 Å². The van der Waals surface area contributed by atoms with Crippen LogP contribution in [0, 0.1) is 3.57 Å². The highest BCUT2D eigenvalue weighted by atomic mass is 127. The Balaban J connectivity index is 3.24. The van der Waals surface area contributed by atoms with E-state index >= 15 is 0 Å². The van der Waals surface area contributed by atoms with Crippen molar-refractivity contribution in [2.24, 2.45) is 0 Å². The molecule has 0 amide bonds. The number of nitrogens with zero attached hydrogens (tertiary/aromatic N) is 2. The molecule has 0 bridgehead atoms. The fraction of sp³-hybridized carbons (Fsp3) is 0.250. The predicted octanol–water partition coefficient (Wildman–Crippen LogP) is 1.19. The van der Waals surface area contributed by atoms with Gasteiger partial charge in [-0.3, -0.25) is 0 Å². The highest BCUT2D eigenvalue weighted by Gasteiger charge is 2.48. The standard InChI is InChI=1S/C4H2F3IN2O2S/c5-4(6,7)13(11,12)10-2-3(8)1-9-10/h1-2H. The summed E-state index contributed by atoms with van der Waals surface area (Å²) in [5.41, 5.74) is -5.32. The van der Waals surface area contributed by atoms with Crippen molar-refractivity contribution in [3.05, 3.63) is 16.0 Å². The molecule has 1 aromatic rings. The minimum absolute atomic E-state index is 0.102. The molecule has 74 valence electrons. The van der Waals surface area contributed by atoms with Crippen LogP contribution in [0.3, 0.4) is 0 Å². The molecule has 0 saturated heterocycles. The van der Waals surface area contributed by atoms with Gasteiger partial charge in [0, 0.05) is 0 Å². The third-order valence-electron chi connectivity index (χ3n) is 1.07. The molecule has 1 rings (SSSR count). The quantitative estimate of drug-likeness (QED) is 0.729. The number of aromatic nitrogens is 2. The molecule has 4 nitrogen and oxygen atoms in total. The number of halogens is 4. The van der Waals surface area contributed by atoms with Gasteiger partial charge in [0.25, 0.3) is 0 Å². The summed E-state index contributed by atoms with van der Waals surface area (Å²) in [4.78, 5) is 0. The lowest BCUT2D eigenvalue weighted by atomic mass is 10.8. The SMILES string of the molecule is O=S(=O)(n1cc(I)cn1)C(F)(F)F. The second-order valence-electron chi connectivity index (χ2n) is 1.98. The first-order chi connectivity index (χ1) is 5.75. The summed E-state index contributed by atoms with van der Waals surface area (Å²) >= 11 is 1.65. The first-order valence-corrected chi connectivity index (χ1v) is 5.29. The summed E-state index contributed by atoms with van der Waals surface area (Å²) in [6.45, 7) is 0. The van der Waals surface area contributed by atoms with Gasteiger partial charge in [0.15, 0.2) is 0 Å². The average Bonchev–Trinajstić information content (AvgIpc) is 2.33. The van der Waals surface area contributed by atoms with Crippen molar-refractivity contribution < 1.29 is 21.6 Å². The van der Waals surface area contributed by atoms with Crippen molar-refractivity contribution in [1.82, 2.24) is 9.19 Å². The fourth-order valence-corrected chi connectivity index (χ4v) is 1.73. The summed E-state index contributed by atoms with van der Waals surface area (Å²) in [5, 5.41) is 3.06. The Bertz CT molecular complexity index is 409.